The standard InChI is InChI=1S/C22H22BrFN4O3S/c1-2-31-22(29)18-17-10-27(14-11-30-12-14)6-7-28(17)20(21-25-5-8-32-21)26-19(18)15-4-3-13(24)9-16(15)23/h3-5,8-9,14,19H,2,6-7,10-12H2,1H3. The van der Waals surface area contributed by atoms with Crippen molar-refractivity contribution in [3.63, 3.8) is 0 Å². The van der Waals surface area contributed by atoms with Gasteiger partial charge in [0.2, 0.25) is 0 Å². The van der Waals surface area contributed by atoms with E-state index in [0.717, 1.165) is 23.1 Å². The highest BCUT2D eigenvalue weighted by molar-refractivity contribution is 9.10. The molecule has 1 aromatic heterocycles. The summed E-state index contributed by atoms with van der Waals surface area (Å²) in [4.78, 5) is 27.2. The zero-order valence-corrected chi connectivity index (χ0v) is 19.9. The third-order valence-electron chi connectivity index (χ3n) is 5.89. The first-order chi connectivity index (χ1) is 15.6. The Bertz CT molecular complexity index is 1090. The van der Waals surface area contributed by atoms with Crippen LogP contribution in [0.2, 0.25) is 0 Å². The number of aromatic nitrogens is 1. The molecule has 1 aromatic carbocycles. The van der Waals surface area contributed by atoms with Gasteiger partial charge < -0.3 is 14.4 Å². The van der Waals surface area contributed by atoms with Crippen LogP contribution in [0.15, 0.2) is 50.5 Å². The summed E-state index contributed by atoms with van der Waals surface area (Å²) >= 11 is 4.98. The lowest BCUT2D eigenvalue weighted by Crippen LogP contribution is -2.58. The molecule has 2 saturated heterocycles. The molecule has 10 heteroatoms. The van der Waals surface area contributed by atoms with E-state index in [0.29, 0.717) is 48.0 Å². The molecule has 1 unspecified atom stereocenters. The zero-order valence-electron chi connectivity index (χ0n) is 17.5. The first kappa shape index (κ1) is 21.7. The Hall–Kier alpha value is -2.14. The molecular weight excluding hydrogens is 499 g/mol. The molecule has 0 aliphatic carbocycles. The highest BCUT2D eigenvalue weighted by Gasteiger charge is 2.42. The molecule has 0 saturated carbocycles. The molecule has 168 valence electrons. The Morgan fingerprint density at radius 1 is 1.38 bits per heavy atom. The molecule has 3 aliphatic heterocycles. The number of carbonyl (C=O) groups excluding carboxylic acids is 1. The number of aliphatic imine (C=N–C) groups is 1. The fraction of sp³-hybridized carbons (Fsp3) is 0.409. The highest BCUT2D eigenvalue weighted by Crippen LogP contribution is 2.40. The summed E-state index contributed by atoms with van der Waals surface area (Å²) in [6, 6.07) is 4.16. The van der Waals surface area contributed by atoms with Gasteiger partial charge in [-0.25, -0.2) is 14.2 Å². The topological polar surface area (TPSA) is 67.3 Å². The summed E-state index contributed by atoms with van der Waals surface area (Å²) in [5.41, 5.74) is 2.06. The number of amidine groups is 1. The fourth-order valence-electron chi connectivity index (χ4n) is 4.24. The predicted octanol–water partition coefficient (Wildman–Crippen LogP) is 3.38. The molecule has 4 heterocycles. The molecule has 1 atom stereocenters. The van der Waals surface area contributed by atoms with Crippen molar-refractivity contribution in [2.24, 2.45) is 4.99 Å². The van der Waals surface area contributed by atoms with Gasteiger partial charge in [0.1, 0.15) is 11.9 Å². The van der Waals surface area contributed by atoms with Crippen LogP contribution < -0.4 is 0 Å². The van der Waals surface area contributed by atoms with Crippen molar-refractivity contribution in [3.05, 3.63) is 61.9 Å². The van der Waals surface area contributed by atoms with Crippen LogP contribution in [0, 0.1) is 5.82 Å². The van der Waals surface area contributed by atoms with Gasteiger partial charge >= 0.3 is 5.97 Å². The van der Waals surface area contributed by atoms with Gasteiger partial charge in [0.15, 0.2) is 10.8 Å². The monoisotopic (exact) mass is 520 g/mol. The number of ether oxygens (including phenoxy) is 2. The SMILES string of the molecule is CCOC(=O)C1=C2CN(C3COC3)CCN2C(c2nccs2)=NC1c1ccc(F)cc1Br. The third-order valence-corrected chi connectivity index (χ3v) is 7.35. The number of thiazole rings is 1. The Labute approximate surface area is 197 Å². The summed E-state index contributed by atoms with van der Waals surface area (Å²) < 4.78 is 25.3. The lowest BCUT2D eigenvalue weighted by molar-refractivity contribution is -0.139. The van der Waals surface area contributed by atoms with Crippen LogP contribution in [0.25, 0.3) is 0 Å². The Kier molecular flexibility index (Phi) is 6.11. The molecule has 7 nitrogen and oxygen atoms in total. The van der Waals surface area contributed by atoms with E-state index in [2.05, 4.69) is 30.7 Å². The van der Waals surface area contributed by atoms with Crippen LogP contribution >= 0.6 is 27.3 Å². The summed E-state index contributed by atoms with van der Waals surface area (Å²) in [7, 11) is 0. The van der Waals surface area contributed by atoms with Gasteiger partial charge in [0.05, 0.1) is 31.4 Å². The predicted molar refractivity (Wildman–Crippen MR) is 122 cm³/mol. The van der Waals surface area contributed by atoms with E-state index in [1.807, 2.05) is 5.38 Å². The molecule has 2 aromatic rings. The van der Waals surface area contributed by atoms with Crippen molar-refractivity contribution in [1.82, 2.24) is 14.8 Å². The lowest BCUT2D eigenvalue weighted by Gasteiger charge is -2.46. The first-order valence-corrected chi connectivity index (χ1v) is 12.2. The zero-order chi connectivity index (χ0) is 22.2. The van der Waals surface area contributed by atoms with Gasteiger partial charge in [0, 0.05) is 41.4 Å². The van der Waals surface area contributed by atoms with E-state index in [-0.39, 0.29) is 12.4 Å². The van der Waals surface area contributed by atoms with Crippen LogP contribution in [0.1, 0.15) is 23.5 Å². The summed E-state index contributed by atoms with van der Waals surface area (Å²) in [5, 5.41) is 2.70. The van der Waals surface area contributed by atoms with Gasteiger partial charge in [-0.15, -0.1) is 11.3 Å². The number of fused-ring (bicyclic) bond motifs is 1. The van der Waals surface area contributed by atoms with Crippen LogP contribution in [0.3, 0.4) is 0 Å². The number of hydrogen-bond acceptors (Lipinski definition) is 8. The van der Waals surface area contributed by atoms with Crippen LogP contribution in [-0.4, -0.2) is 72.1 Å². The molecular formula is C22H22BrFN4O3S. The van der Waals surface area contributed by atoms with E-state index in [9.17, 15) is 9.18 Å². The van der Waals surface area contributed by atoms with Crippen molar-refractivity contribution in [2.75, 3.05) is 39.5 Å². The van der Waals surface area contributed by atoms with E-state index >= 15 is 0 Å². The van der Waals surface area contributed by atoms with E-state index in [1.165, 1.54) is 23.5 Å². The van der Waals surface area contributed by atoms with Gasteiger partial charge in [-0.3, -0.25) is 9.89 Å². The normalized spacial score (nSPS) is 21.8. The second kappa shape index (κ2) is 9.01. The average Bonchev–Trinajstić information content (AvgIpc) is 3.26. The van der Waals surface area contributed by atoms with E-state index in [4.69, 9.17) is 14.5 Å². The van der Waals surface area contributed by atoms with Crippen molar-refractivity contribution in [3.8, 4) is 0 Å². The van der Waals surface area contributed by atoms with Gasteiger partial charge in [-0.2, -0.15) is 0 Å². The largest absolute Gasteiger partial charge is 0.463 e. The number of benzene rings is 1. The summed E-state index contributed by atoms with van der Waals surface area (Å²) in [5.74, 6) is -0.0301. The Balaban J connectivity index is 1.66. The maximum absolute atomic E-state index is 13.8. The molecule has 0 radical (unpaired) electrons. The molecule has 0 bridgehead atoms. The minimum Gasteiger partial charge on any atom is -0.463 e. The minimum absolute atomic E-state index is 0.260. The molecule has 5 rings (SSSR count). The second-order valence-electron chi connectivity index (χ2n) is 7.75. The maximum atomic E-state index is 13.8. The molecule has 2 fully saturated rings. The number of nitrogens with zero attached hydrogens (tertiary/aromatic N) is 4. The third kappa shape index (κ3) is 3.89. The summed E-state index contributed by atoms with van der Waals surface area (Å²) in [6.45, 7) is 5.55. The van der Waals surface area contributed by atoms with Crippen LogP contribution in [0.4, 0.5) is 4.39 Å². The fourth-order valence-corrected chi connectivity index (χ4v) is 5.44. The highest BCUT2D eigenvalue weighted by atomic mass is 79.9. The van der Waals surface area contributed by atoms with Crippen molar-refractivity contribution in [1.29, 1.82) is 0 Å². The second-order valence-corrected chi connectivity index (χ2v) is 9.50. The molecule has 3 aliphatic rings. The van der Waals surface area contributed by atoms with Crippen molar-refractivity contribution >= 4 is 39.1 Å². The van der Waals surface area contributed by atoms with Gasteiger partial charge in [0.25, 0.3) is 0 Å². The molecule has 0 amide bonds. The first-order valence-electron chi connectivity index (χ1n) is 10.5. The van der Waals surface area contributed by atoms with E-state index in [1.54, 1.807) is 19.2 Å². The van der Waals surface area contributed by atoms with Gasteiger partial charge in [-0.1, -0.05) is 22.0 Å². The van der Waals surface area contributed by atoms with Crippen molar-refractivity contribution < 1.29 is 18.7 Å². The average molecular weight is 521 g/mol. The number of esters is 1. The smallest absolute Gasteiger partial charge is 0.338 e. The van der Waals surface area contributed by atoms with Crippen molar-refractivity contribution in [2.45, 2.75) is 19.0 Å². The maximum Gasteiger partial charge on any atom is 0.338 e. The number of halogens is 2. The Morgan fingerprint density at radius 2 is 2.22 bits per heavy atom. The lowest BCUT2D eigenvalue weighted by atomic mass is 9.93. The van der Waals surface area contributed by atoms with Gasteiger partial charge in [-0.05, 0) is 24.6 Å². The molecule has 0 N–H and O–H groups in total. The molecule has 0 spiro atoms. The Morgan fingerprint density at radius 3 is 2.88 bits per heavy atom. The van der Waals surface area contributed by atoms with E-state index < -0.39 is 12.0 Å². The summed E-state index contributed by atoms with van der Waals surface area (Å²) in [6.07, 6.45) is 1.75. The number of hydrogen-bond donors (Lipinski definition) is 0. The number of carbonyl (C=O) groups is 1. The van der Waals surface area contributed by atoms with Crippen LogP contribution in [-0.2, 0) is 14.3 Å². The number of piperazine rings is 1. The van der Waals surface area contributed by atoms with Crippen LogP contribution in [0.5, 0.6) is 0 Å². The minimum atomic E-state index is -0.633. The quantitative estimate of drug-likeness (QED) is 0.563. The number of rotatable bonds is 5. The molecule has 32 heavy (non-hydrogen) atoms.